The average Bonchev–Trinajstić information content (AvgIpc) is 2.66. The van der Waals surface area contributed by atoms with E-state index in [0.29, 0.717) is 6.61 Å². The van der Waals surface area contributed by atoms with E-state index in [2.05, 4.69) is 21.2 Å². The molecule has 120 valence electrons. The molecular formula is C18H18BrNO3. The summed E-state index contributed by atoms with van der Waals surface area (Å²) >= 11 is 3.42. The average molecular weight is 376 g/mol. The second-order valence-corrected chi connectivity index (χ2v) is 6.57. The molecule has 2 bridgehead atoms. The number of allylic oxidation sites excluding steroid dienone is 2. The zero-order chi connectivity index (χ0) is 16.4. The number of nitrogens with one attached hydrogen (secondary N) is 1. The Hall–Kier alpha value is -1.72. The Morgan fingerprint density at radius 1 is 1.17 bits per heavy atom. The van der Waals surface area contributed by atoms with E-state index in [0.717, 1.165) is 10.0 Å². The fourth-order valence-corrected chi connectivity index (χ4v) is 3.42. The highest BCUT2D eigenvalue weighted by Gasteiger charge is 2.45. The Labute approximate surface area is 143 Å². The van der Waals surface area contributed by atoms with Crippen molar-refractivity contribution in [1.82, 2.24) is 5.32 Å². The number of halogens is 1. The van der Waals surface area contributed by atoms with Crippen LogP contribution in [0.15, 0.2) is 53.0 Å². The van der Waals surface area contributed by atoms with Crippen molar-refractivity contribution in [1.29, 1.82) is 0 Å². The third kappa shape index (κ3) is 3.16. The molecule has 2 aliphatic rings. The number of ether oxygens (including phenoxy) is 1. The molecular weight excluding hydrogens is 358 g/mol. The van der Waals surface area contributed by atoms with Crippen molar-refractivity contribution >= 4 is 27.7 Å². The van der Waals surface area contributed by atoms with Crippen LogP contribution in [0.25, 0.3) is 0 Å². The van der Waals surface area contributed by atoms with Crippen molar-refractivity contribution in [3.05, 3.63) is 58.6 Å². The molecule has 23 heavy (non-hydrogen) atoms. The summed E-state index contributed by atoms with van der Waals surface area (Å²) in [6.45, 7) is 2.06. The first-order chi connectivity index (χ1) is 11.1. The maximum Gasteiger partial charge on any atom is 0.324 e. The number of piperidine rings is 1. The number of Topliss-reactive ketones (excluding diaryl/α,β-unsaturated/α-hetero) is 1. The van der Waals surface area contributed by atoms with Crippen LogP contribution >= 0.6 is 15.9 Å². The number of benzene rings is 1. The number of carbonyl (C=O) groups excluding carboxylic acids is 2. The summed E-state index contributed by atoms with van der Waals surface area (Å²) in [6.07, 6.45) is 7.40. The van der Waals surface area contributed by atoms with Gasteiger partial charge in [0.2, 0.25) is 0 Å². The van der Waals surface area contributed by atoms with Crippen molar-refractivity contribution in [2.75, 3.05) is 6.61 Å². The molecule has 0 radical (unpaired) electrons. The quantitative estimate of drug-likeness (QED) is 0.825. The van der Waals surface area contributed by atoms with Crippen LogP contribution in [0, 0.1) is 11.8 Å². The molecule has 5 heteroatoms. The van der Waals surface area contributed by atoms with Crippen LogP contribution in [0.5, 0.6) is 0 Å². The van der Waals surface area contributed by atoms with Gasteiger partial charge in [0.1, 0.15) is 6.04 Å². The first-order valence-corrected chi connectivity index (χ1v) is 8.48. The summed E-state index contributed by atoms with van der Waals surface area (Å²) in [5.74, 6) is -1.10. The van der Waals surface area contributed by atoms with Gasteiger partial charge in [-0.2, -0.15) is 0 Å². The molecule has 1 saturated heterocycles. The zero-order valence-electron chi connectivity index (χ0n) is 12.7. The molecule has 1 heterocycles. The van der Waals surface area contributed by atoms with Crippen molar-refractivity contribution < 1.29 is 14.3 Å². The van der Waals surface area contributed by atoms with Crippen molar-refractivity contribution in [2.45, 2.75) is 19.0 Å². The number of ketones is 1. The minimum absolute atomic E-state index is 0.0553. The van der Waals surface area contributed by atoms with E-state index >= 15 is 0 Å². The van der Waals surface area contributed by atoms with Crippen molar-refractivity contribution in [2.24, 2.45) is 11.8 Å². The second kappa shape index (κ2) is 6.81. The number of esters is 1. The lowest BCUT2D eigenvalue weighted by atomic mass is 9.77. The van der Waals surface area contributed by atoms with Crippen LogP contribution in [-0.4, -0.2) is 24.4 Å². The van der Waals surface area contributed by atoms with Gasteiger partial charge in [-0.05, 0) is 24.6 Å². The zero-order valence-corrected chi connectivity index (χ0v) is 14.3. The highest BCUT2D eigenvalue weighted by Crippen LogP contribution is 2.35. The van der Waals surface area contributed by atoms with Crippen LogP contribution in [-0.2, 0) is 14.3 Å². The van der Waals surface area contributed by atoms with Gasteiger partial charge in [-0.3, -0.25) is 14.9 Å². The molecule has 3 rings (SSSR count). The highest BCUT2D eigenvalue weighted by molar-refractivity contribution is 9.10. The monoisotopic (exact) mass is 375 g/mol. The molecule has 1 aliphatic heterocycles. The molecule has 4 atom stereocenters. The van der Waals surface area contributed by atoms with Crippen LogP contribution in [0.3, 0.4) is 0 Å². The second-order valence-electron chi connectivity index (χ2n) is 5.65. The van der Waals surface area contributed by atoms with Crippen LogP contribution in [0.2, 0.25) is 0 Å². The van der Waals surface area contributed by atoms with Gasteiger partial charge in [-0.15, -0.1) is 0 Å². The molecule has 0 amide bonds. The standard InChI is InChI=1S/C18H18BrNO3/c1-2-23-18(22)16-14-6-4-3-5-13(17(14)21)15(20-16)11-7-9-12(19)10-8-11/h3-10,13-16,20H,2H2,1H3/t13-,14+,15-,16-/m0/s1. The topological polar surface area (TPSA) is 55.4 Å². The number of hydrogen-bond donors (Lipinski definition) is 1. The van der Waals surface area contributed by atoms with E-state index in [1.807, 2.05) is 42.5 Å². The van der Waals surface area contributed by atoms with Gasteiger partial charge in [0.15, 0.2) is 5.78 Å². The minimum Gasteiger partial charge on any atom is -0.465 e. The van der Waals surface area contributed by atoms with Crippen LogP contribution in [0.4, 0.5) is 0 Å². The number of carbonyl (C=O) groups is 2. The molecule has 1 N–H and O–H groups in total. The van der Waals surface area contributed by atoms with Gasteiger partial charge >= 0.3 is 5.97 Å². The maximum absolute atomic E-state index is 12.8. The SMILES string of the molecule is CCOC(=O)[C@H]1N[C@@H](c2ccc(Br)cc2)[C@@H]2C=CC=C[C@H]1C2=O. The summed E-state index contributed by atoms with van der Waals surface area (Å²) < 4.78 is 6.12. The van der Waals surface area contributed by atoms with E-state index in [9.17, 15) is 9.59 Å². The predicted octanol–water partition coefficient (Wildman–Crippen LogP) is 2.95. The summed E-state index contributed by atoms with van der Waals surface area (Å²) in [4.78, 5) is 25.1. The molecule has 4 nitrogen and oxygen atoms in total. The van der Waals surface area contributed by atoms with E-state index in [1.54, 1.807) is 13.0 Å². The molecule has 0 aromatic heterocycles. The van der Waals surface area contributed by atoms with Crippen LogP contribution < -0.4 is 5.32 Å². The molecule has 1 aliphatic carbocycles. The summed E-state index contributed by atoms with van der Waals surface area (Å²) in [6, 6.07) is 6.91. The Kier molecular flexibility index (Phi) is 4.78. The third-order valence-electron chi connectivity index (χ3n) is 4.25. The molecule has 1 aromatic carbocycles. The lowest BCUT2D eigenvalue weighted by Gasteiger charge is -2.38. The van der Waals surface area contributed by atoms with Gasteiger partial charge in [0.25, 0.3) is 0 Å². The van der Waals surface area contributed by atoms with Gasteiger partial charge < -0.3 is 4.74 Å². The lowest BCUT2D eigenvalue weighted by Crippen LogP contribution is -2.55. The van der Waals surface area contributed by atoms with E-state index in [4.69, 9.17) is 4.74 Å². The Balaban J connectivity index is 1.97. The predicted molar refractivity (Wildman–Crippen MR) is 90.7 cm³/mol. The van der Waals surface area contributed by atoms with Crippen molar-refractivity contribution in [3.63, 3.8) is 0 Å². The minimum atomic E-state index is -0.650. The third-order valence-corrected chi connectivity index (χ3v) is 4.78. The smallest absolute Gasteiger partial charge is 0.324 e. The Bertz CT molecular complexity index is 665. The first kappa shape index (κ1) is 16.1. The molecule has 0 saturated carbocycles. The van der Waals surface area contributed by atoms with Gasteiger partial charge in [-0.25, -0.2) is 0 Å². The molecule has 1 fully saturated rings. The fourth-order valence-electron chi connectivity index (χ4n) is 3.15. The molecule has 0 spiro atoms. The van der Waals surface area contributed by atoms with Gasteiger partial charge in [0, 0.05) is 10.5 Å². The largest absolute Gasteiger partial charge is 0.465 e. The highest BCUT2D eigenvalue weighted by atomic mass is 79.9. The molecule has 0 unspecified atom stereocenters. The summed E-state index contributed by atoms with van der Waals surface area (Å²) in [5.41, 5.74) is 0.978. The van der Waals surface area contributed by atoms with Gasteiger partial charge in [-0.1, -0.05) is 52.4 Å². The maximum atomic E-state index is 12.8. The Morgan fingerprint density at radius 3 is 2.48 bits per heavy atom. The molecule has 1 aromatic rings. The fraction of sp³-hybridized carbons (Fsp3) is 0.333. The first-order valence-electron chi connectivity index (χ1n) is 7.68. The summed E-state index contributed by atoms with van der Waals surface area (Å²) in [5, 5.41) is 3.33. The Morgan fingerprint density at radius 2 is 1.83 bits per heavy atom. The lowest BCUT2D eigenvalue weighted by molar-refractivity contribution is -0.151. The summed E-state index contributed by atoms with van der Waals surface area (Å²) in [7, 11) is 0. The van der Waals surface area contributed by atoms with E-state index < -0.39 is 12.0 Å². The van der Waals surface area contributed by atoms with Crippen molar-refractivity contribution in [3.8, 4) is 0 Å². The number of fused-ring (bicyclic) bond motifs is 2. The van der Waals surface area contributed by atoms with E-state index in [-0.39, 0.29) is 23.7 Å². The number of rotatable bonds is 3. The normalized spacial score (nSPS) is 29.2. The van der Waals surface area contributed by atoms with Gasteiger partial charge in [0.05, 0.1) is 18.4 Å². The number of hydrogen-bond acceptors (Lipinski definition) is 4. The van der Waals surface area contributed by atoms with Crippen LogP contribution in [0.1, 0.15) is 18.5 Å². The van der Waals surface area contributed by atoms with E-state index in [1.165, 1.54) is 0 Å².